The maximum atomic E-state index is 13.4. The highest BCUT2D eigenvalue weighted by Crippen LogP contribution is 2.20. The number of sulfonamides is 1. The summed E-state index contributed by atoms with van der Waals surface area (Å²) in [4.78, 5) is 10.7. The molecule has 1 rings (SSSR count). The van der Waals surface area contributed by atoms with Crippen molar-refractivity contribution in [2.75, 3.05) is 23.7 Å². The first-order chi connectivity index (χ1) is 9.26. The predicted octanol–water partition coefficient (Wildman–Crippen LogP) is 1.44. The molecule has 0 aromatic heterocycles. The van der Waals surface area contributed by atoms with E-state index in [0.717, 1.165) is 0 Å². The summed E-state index contributed by atoms with van der Waals surface area (Å²) in [6.45, 7) is 1.91. The Hall–Kier alpha value is -1.74. The second-order valence-electron chi connectivity index (χ2n) is 3.73. The van der Waals surface area contributed by atoms with Gasteiger partial charge < -0.3 is 9.84 Å². The lowest BCUT2D eigenvalue weighted by Gasteiger charge is -2.10. The van der Waals surface area contributed by atoms with Gasteiger partial charge in [0.1, 0.15) is 11.6 Å². The minimum Gasteiger partial charge on any atom is -0.478 e. The van der Waals surface area contributed by atoms with Crippen molar-refractivity contribution in [2.24, 2.45) is 0 Å². The number of carboxylic acids is 1. The molecule has 1 aromatic carbocycles. The smallest absolute Gasteiger partial charge is 0.338 e. The summed E-state index contributed by atoms with van der Waals surface area (Å²) >= 11 is 0. The fraction of sp³-hybridized carbons (Fsp3) is 0.364. The summed E-state index contributed by atoms with van der Waals surface area (Å²) < 4.78 is 56.5. The van der Waals surface area contributed by atoms with Crippen LogP contribution in [0.15, 0.2) is 12.1 Å². The van der Waals surface area contributed by atoms with Gasteiger partial charge in [0, 0.05) is 12.7 Å². The summed E-state index contributed by atoms with van der Waals surface area (Å²) in [7, 11) is -3.92. The molecule has 20 heavy (non-hydrogen) atoms. The monoisotopic (exact) mass is 309 g/mol. The van der Waals surface area contributed by atoms with Crippen LogP contribution in [0.25, 0.3) is 0 Å². The van der Waals surface area contributed by atoms with Crippen molar-refractivity contribution in [1.82, 2.24) is 0 Å². The molecule has 9 heteroatoms. The summed E-state index contributed by atoms with van der Waals surface area (Å²) in [5, 5.41) is 8.69. The zero-order valence-corrected chi connectivity index (χ0v) is 11.3. The molecule has 0 atom stereocenters. The topological polar surface area (TPSA) is 92.7 Å². The third-order valence-electron chi connectivity index (χ3n) is 2.25. The van der Waals surface area contributed by atoms with E-state index in [1.807, 2.05) is 4.72 Å². The highest BCUT2D eigenvalue weighted by molar-refractivity contribution is 7.92. The van der Waals surface area contributed by atoms with Crippen molar-refractivity contribution in [1.29, 1.82) is 0 Å². The molecule has 0 aliphatic heterocycles. The summed E-state index contributed by atoms with van der Waals surface area (Å²) in [5.41, 5.74) is -1.45. The third kappa shape index (κ3) is 4.42. The molecule has 0 aliphatic carbocycles. The number of anilines is 1. The van der Waals surface area contributed by atoms with Gasteiger partial charge in [0.05, 0.1) is 23.6 Å². The van der Waals surface area contributed by atoms with E-state index >= 15 is 0 Å². The zero-order chi connectivity index (χ0) is 15.3. The standard InChI is InChI=1S/C11H13F2NO5S/c1-2-19-3-4-20(17,18)14-10-5-7(11(15)16)8(12)6-9(10)13/h5-6,14H,2-4H2,1H3,(H,15,16). The van der Waals surface area contributed by atoms with Gasteiger partial charge in [0.15, 0.2) is 0 Å². The molecule has 0 bridgehead atoms. The average Bonchev–Trinajstić information content (AvgIpc) is 2.32. The maximum absolute atomic E-state index is 13.4. The van der Waals surface area contributed by atoms with E-state index in [1.165, 1.54) is 0 Å². The number of rotatable bonds is 7. The normalized spacial score (nSPS) is 11.3. The average molecular weight is 309 g/mol. The first kappa shape index (κ1) is 16.3. The van der Waals surface area contributed by atoms with Crippen LogP contribution in [0.1, 0.15) is 17.3 Å². The molecule has 0 amide bonds. The van der Waals surface area contributed by atoms with Gasteiger partial charge in [0.2, 0.25) is 10.0 Å². The largest absolute Gasteiger partial charge is 0.478 e. The SMILES string of the molecule is CCOCCS(=O)(=O)Nc1cc(C(=O)O)c(F)cc1F. The van der Waals surface area contributed by atoms with Crippen molar-refractivity contribution in [3.63, 3.8) is 0 Å². The lowest BCUT2D eigenvalue weighted by atomic mass is 10.2. The minimum atomic E-state index is -3.92. The van der Waals surface area contributed by atoms with Crippen molar-refractivity contribution < 1.29 is 31.8 Å². The van der Waals surface area contributed by atoms with E-state index in [1.54, 1.807) is 6.92 Å². The number of carboxylic acid groups (broad SMARTS) is 1. The van der Waals surface area contributed by atoms with E-state index in [4.69, 9.17) is 9.84 Å². The molecule has 6 nitrogen and oxygen atoms in total. The Morgan fingerprint density at radius 3 is 2.55 bits per heavy atom. The van der Waals surface area contributed by atoms with Crippen LogP contribution in [-0.4, -0.2) is 38.5 Å². The van der Waals surface area contributed by atoms with Gasteiger partial charge in [-0.2, -0.15) is 0 Å². The molecular weight excluding hydrogens is 296 g/mol. The molecule has 0 saturated carbocycles. The van der Waals surface area contributed by atoms with Gasteiger partial charge in [-0.15, -0.1) is 0 Å². The van der Waals surface area contributed by atoms with Gasteiger partial charge in [-0.1, -0.05) is 0 Å². The van der Waals surface area contributed by atoms with Crippen LogP contribution in [0.4, 0.5) is 14.5 Å². The number of aromatic carboxylic acids is 1. The number of hydrogen-bond donors (Lipinski definition) is 2. The lowest BCUT2D eigenvalue weighted by Crippen LogP contribution is -2.21. The Kier molecular flexibility index (Phi) is 5.40. The Morgan fingerprint density at radius 2 is 2.00 bits per heavy atom. The van der Waals surface area contributed by atoms with E-state index in [9.17, 15) is 22.0 Å². The van der Waals surface area contributed by atoms with Gasteiger partial charge in [-0.25, -0.2) is 22.0 Å². The van der Waals surface area contributed by atoms with E-state index in [0.29, 0.717) is 18.7 Å². The summed E-state index contributed by atoms with van der Waals surface area (Å²) in [6.07, 6.45) is 0. The van der Waals surface area contributed by atoms with E-state index in [-0.39, 0.29) is 6.61 Å². The fourth-order valence-corrected chi connectivity index (χ4v) is 2.25. The first-order valence-corrected chi connectivity index (χ1v) is 7.22. The molecule has 0 unspecified atom stereocenters. The Balaban J connectivity index is 2.97. The lowest BCUT2D eigenvalue weighted by molar-refractivity contribution is 0.0692. The number of halogens is 2. The minimum absolute atomic E-state index is 0.0968. The molecular formula is C11H13F2NO5S. The second-order valence-corrected chi connectivity index (χ2v) is 5.58. The molecule has 0 heterocycles. The molecule has 1 aromatic rings. The van der Waals surface area contributed by atoms with Crippen LogP contribution < -0.4 is 4.72 Å². The molecule has 0 radical (unpaired) electrons. The number of carbonyl (C=O) groups is 1. The molecule has 0 fully saturated rings. The van der Waals surface area contributed by atoms with Crippen molar-refractivity contribution >= 4 is 21.7 Å². The molecule has 112 valence electrons. The molecule has 0 aliphatic rings. The van der Waals surface area contributed by atoms with Crippen LogP contribution >= 0.6 is 0 Å². The van der Waals surface area contributed by atoms with Gasteiger partial charge >= 0.3 is 5.97 Å². The molecule has 2 N–H and O–H groups in total. The van der Waals surface area contributed by atoms with Crippen molar-refractivity contribution in [2.45, 2.75) is 6.92 Å². The van der Waals surface area contributed by atoms with Crippen molar-refractivity contribution in [3.8, 4) is 0 Å². The summed E-state index contributed by atoms with van der Waals surface area (Å²) in [5.74, 6) is -4.54. The van der Waals surface area contributed by atoms with Gasteiger partial charge in [-0.3, -0.25) is 4.72 Å². The first-order valence-electron chi connectivity index (χ1n) is 5.57. The molecule has 0 spiro atoms. The number of hydrogen-bond acceptors (Lipinski definition) is 4. The third-order valence-corrected chi connectivity index (χ3v) is 3.49. The number of nitrogens with one attached hydrogen (secondary N) is 1. The fourth-order valence-electron chi connectivity index (χ4n) is 1.32. The van der Waals surface area contributed by atoms with Gasteiger partial charge in [0.25, 0.3) is 0 Å². The Bertz CT molecular complexity index is 603. The number of ether oxygens (including phenoxy) is 1. The van der Waals surface area contributed by atoms with E-state index in [2.05, 4.69) is 0 Å². The predicted molar refractivity (Wildman–Crippen MR) is 67.2 cm³/mol. The Morgan fingerprint density at radius 1 is 1.35 bits per heavy atom. The highest BCUT2D eigenvalue weighted by atomic mass is 32.2. The highest BCUT2D eigenvalue weighted by Gasteiger charge is 2.18. The van der Waals surface area contributed by atoms with Crippen LogP contribution in [0.3, 0.4) is 0 Å². The van der Waals surface area contributed by atoms with E-state index < -0.39 is 44.6 Å². The van der Waals surface area contributed by atoms with Crippen LogP contribution in [0.5, 0.6) is 0 Å². The zero-order valence-electron chi connectivity index (χ0n) is 10.5. The van der Waals surface area contributed by atoms with Crippen LogP contribution in [0.2, 0.25) is 0 Å². The Labute approximate surface area is 114 Å². The molecule has 0 saturated heterocycles. The maximum Gasteiger partial charge on any atom is 0.338 e. The summed E-state index contributed by atoms with van der Waals surface area (Å²) in [6, 6.07) is 0.898. The quantitative estimate of drug-likeness (QED) is 0.744. The van der Waals surface area contributed by atoms with Crippen LogP contribution in [-0.2, 0) is 14.8 Å². The second kappa shape index (κ2) is 6.62. The van der Waals surface area contributed by atoms with Crippen LogP contribution in [0, 0.1) is 11.6 Å². The number of benzene rings is 1. The van der Waals surface area contributed by atoms with Crippen molar-refractivity contribution in [3.05, 3.63) is 29.3 Å². The van der Waals surface area contributed by atoms with Gasteiger partial charge in [-0.05, 0) is 13.0 Å².